The summed E-state index contributed by atoms with van der Waals surface area (Å²) >= 11 is 5.12. The summed E-state index contributed by atoms with van der Waals surface area (Å²) in [7, 11) is 5.39. The monoisotopic (exact) mass is 432 g/mol. The van der Waals surface area contributed by atoms with Crippen molar-refractivity contribution in [3.8, 4) is 22.1 Å². The van der Waals surface area contributed by atoms with Gasteiger partial charge in [0.05, 0.1) is 19.9 Å². The van der Waals surface area contributed by atoms with Crippen LogP contribution in [0, 0.1) is 0 Å². The van der Waals surface area contributed by atoms with E-state index >= 15 is 0 Å². The van der Waals surface area contributed by atoms with Crippen LogP contribution in [-0.4, -0.2) is 31.2 Å². The van der Waals surface area contributed by atoms with Crippen molar-refractivity contribution in [2.45, 2.75) is 13.1 Å². The van der Waals surface area contributed by atoms with Crippen LogP contribution < -0.4 is 9.47 Å². The molecule has 26 heavy (non-hydrogen) atoms. The van der Waals surface area contributed by atoms with Crippen LogP contribution in [0.1, 0.15) is 11.3 Å². The highest BCUT2D eigenvalue weighted by Crippen LogP contribution is 2.33. The molecule has 0 aliphatic carbocycles. The number of aromatic nitrogens is 1. The zero-order chi connectivity index (χ0) is 18.5. The number of hydrogen-bond acceptors (Lipinski definition) is 5. The quantitative estimate of drug-likeness (QED) is 0.512. The molecule has 0 saturated heterocycles. The molecule has 1 aromatic heterocycles. The first-order chi connectivity index (χ1) is 12.6. The van der Waals surface area contributed by atoms with Gasteiger partial charge in [-0.3, -0.25) is 4.90 Å². The summed E-state index contributed by atoms with van der Waals surface area (Å²) in [4.78, 5) is 7.04. The molecule has 0 aliphatic heterocycles. The lowest BCUT2D eigenvalue weighted by Crippen LogP contribution is -2.17. The molecular formula is C20H21BrN2O2S. The lowest BCUT2D eigenvalue weighted by atomic mass is 10.2. The van der Waals surface area contributed by atoms with E-state index < -0.39 is 0 Å². The summed E-state index contributed by atoms with van der Waals surface area (Å²) < 4.78 is 11.8. The molecule has 1 heterocycles. The predicted molar refractivity (Wildman–Crippen MR) is 110 cm³/mol. The number of ether oxygens (including phenoxy) is 2. The van der Waals surface area contributed by atoms with E-state index in [9.17, 15) is 0 Å². The molecule has 0 saturated carbocycles. The Labute approximate surface area is 166 Å². The third-order valence-electron chi connectivity index (χ3n) is 3.98. The summed E-state index contributed by atoms with van der Waals surface area (Å²) in [5, 5.41) is 3.10. The minimum Gasteiger partial charge on any atom is -0.493 e. The van der Waals surface area contributed by atoms with Crippen molar-refractivity contribution < 1.29 is 9.47 Å². The largest absolute Gasteiger partial charge is 0.493 e. The Bertz CT molecular complexity index is 865. The third-order valence-corrected chi connectivity index (χ3v) is 5.45. The highest BCUT2D eigenvalue weighted by Gasteiger charge is 2.11. The molecule has 0 bridgehead atoms. The molecule has 0 fully saturated rings. The summed E-state index contributed by atoms with van der Waals surface area (Å²) in [5.41, 5.74) is 3.39. The Hall–Kier alpha value is -1.89. The maximum absolute atomic E-state index is 5.38. The molecule has 0 spiro atoms. The second-order valence-corrected chi connectivity index (χ2v) is 7.79. The van der Waals surface area contributed by atoms with Crippen molar-refractivity contribution in [1.82, 2.24) is 9.88 Å². The Kier molecular flexibility index (Phi) is 6.29. The highest BCUT2D eigenvalue weighted by molar-refractivity contribution is 9.10. The standard InChI is InChI=1S/C20H21BrN2O2S/c1-23(11-14-4-7-16(21)8-5-14)12-17-13-26-20(22-17)15-6-9-18(24-2)19(10-15)25-3/h4-10,13H,11-12H2,1-3H3. The van der Waals surface area contributed by atoms with Crippen LogP contribution in [0.4, 0.5) is 0 Å². The van der Waals surface area contributed by atoms with Crippen LogP contribution in [0.5, 0.6) is 11.5 Å². The first-order valence-corrected chi connectivity index (χ1v) is 9.86. The normalized spacial score (nSPS) is 11.0. The van der Waals surface area contributed by atoms with Crippen molar-refractivity contribution >= 4 is 27.3 Å². The first-order valence-electron chi connectivity index (χ1n) is 8.19. The van der Waals surface area contributed by atoms with Crippen LogP contribution in [0.15, 0.2) is 52.3 Å². The van der Waals surface area contributed by atoms with Gasteiger partial charge >= 0.3 is 0 Å². The highest BCUT2D eigenvalue weighted by atomic mass is 79.9. The Morgan fingerprint density at radius 2 is 1.73 bits per heavy atom. The zero-order valence-electron chi connectivity index (χ0n) is 15.0. The van der Waals surface area contributed by atoms with Crippen molar-refractivity contribution in [2.75, 3.05) is 21.3 Å². The van der Waals surface area contributed by atoms with Gasteiger partial charge in [-0.05, 0) is 42.9 Å². The second kappa shape index (κ2) is 8.66. The van der Waals surface area contributed by atoms with E-state index in [0.717, 1.165) is 39.6 Å². The third kappa shape index (κ3) is 4.63. The Morgan fingerprint density at radius 3 is 2.42 bits per heavy atom. The zero-order valence-corrected chi connectivity index (χ0v) is 17.4. The molecule has 136 valence electrons. The molecule has 2 aromatic carbocycles. The van der Waals surface area contributed by atoms with Gasteiger partial charge in [-0.1, -0.05) is 28.1 Å². The van der Waals surface area contributed by atoms with Crippen molar-refractivity contribution in [3.05, 3.63) is 63.6 Å². The fourth-order valence-electron chi connectivity index (χ4n) is 2.72. The van der Waals surface area contributed by atoms with Crippen LogP contribution in [0.2, 0.25) is 0 Å². The summed E-state index contributed by atoms with van der Waals surface area (Å²) in [6.45, 7) is 1.69. The molecule has 0 radical (unpaired) electrons. The SMILES string of the molecule is COc1ccc(-c2nc(CN(C)Cc3ccc(Br)cc3)cs2)cc1OC. The number of rotatable bonds is 7. The van der Waals surface area contributed by atoms with Gasteiger partial charge in [-0.2, -0.15) is 0 Å². The van der Waals surface area contributed by atoms with Gasteiger partial charge in [-0.25, -0.2) is 4.98 Å². The van der Waals surface area contributed by atoms with Crippen LogP contribution in [-0.2, 0) is 13.1 Å². The van der Waals surface area contributed by atoms with Gasteiger partial charge in [0.15, 0.2) is 11.5 Å². The lowest BCUT2D eigenvalue weighted by molar-refractivity contribution is 0.316. The minimum absolute atomic E-state index is 0.717. The summed E-state index contributed by atoms with van der Waals surface area (Å²) in [5.74, 6) is 1.44. The number of methoxy groups -OCH3 is 2. The van der Waals surface area contributed by atoms with Gasteiger partial charge in [0.2, 0.25) is 0 Å². The topological polar surface area (TPSA) is 34.6 Å². The molecule has 4 nitrogen and oxygen atoms in total. The Morgan fingerprint density at radius 1 is 1.00 bits per heavy atom. The molecular weight excluding hydrogens is 412 g/mol. The van der Waals surface area contributed by atoms with Crippen molar-refractivity contribution in [1.29, 1.82) is 0 Å². The molecule has 0 N–H and O–H groups in total. The van der Waals surface area contributed by atoms with E-state index in [2.05, 4.69) is 57.5 Å². The summed E-state index contributed by atoms with van der Waals surface area (Å²) in [6, 6.07) is 14.3. The summed E-state index contributed by atoms with van der Waals surface area (Å²) in [6.07, 6.45) is 0. The van der Waals surface area contributed by atoms with Gasteiger partial charge in [0, 0.05) is 28.5 Å². The van der Waals surface area contributed by atoms with E-state index in [1.807, 2.05) is 18.2 Å². The second-order valence-electron chi connectivity index (χ2n) is 6.01. The predicted octanol–water partition coefficient (Wildman–Crippen LogP) is 5.22. The average molecular weight is 433 g/mol. The van der Waals surface area contributed by atoms with Crippen LogP contribution >= 0.6 is 27.3 Å². The van der Waals surface area contributed by atoms with E-state index in [1.165, 1.54) is 5.56 Å². The molecule has 0 unspecified atom stereocenters. The number of hydrogen-bond donors (Lipinski definition) is 0. The van der Waals surface area contributed by atoms with E-state index in [1.54, 1.807) is 25.6 Å². The number of halogens is 1. The Balaban J connectivity index is 1.68. The number of thiazole rings is 1. The maximum atomic E-state index is 5.38. The van der Waals surface area contributed by atoms with Crippen molar-refractivity contribution in [3.63, 3.8) is 0 Å². The molecule has 0 atom stereocenters. The number of benzene rings is 2. The van der Waals surface area contributed by atoms with E-state index in [-0.39, 0.29) is 0 Å². The van der Waals surface area contributed by atoms with Gasteiger partial charge in [0.1, 0.15) is 5.01 Å². The fraction of sp³-hybridized carbons (Fsp3) is 0.250. The van der Waals surface area contributed by atoms with Gasteiger partial charge < -0.3 is 9.47 Å². The molecule has 0 amide bonds. The molecule has 0 aliphatic rings. The van der Waals surface area contributed by atoms with Crippen molar-refractivity contribution in [2.24, 2.45) is 0 Å². The molecule has 6 heteroatoms. The lowest BCUT2D eigenvalue weighted by Gasteiger charge is -2.15. The van der Waals surface area contributed by atoms with E-state index in [4.69, 9.17) is 14.5 Å². The first kappa shape index (κ1) is 18.9. The molecule has 3 rings (SSSR count). The maximum Gasteiger partial charge on any atom is 0.161 e. The van der Waals surface area contributed by atoms with Crippen LogP contribution in [0.25, 0.3) is 10.6 Å². The fourth-order valence-corrected chi connectivity index (χ4v) is 3.79. The average Bonchev–Trinajstić information content (AvgIpc) is 3.11. The molecule has 3 aromatic rings. The number of nitrogens with zero attached hydrogens (tertiary/aromatic N) is 2. The minimum atomic E-state index is 0.717. The van der Waals surface area contributed by atoms with Gasteiger partial charge in [0.25, 0.3) is 0 Å². The van der Waals surface area contributed by atoms with Gasteiger partial charge in [-0.15, -0.1) is 11.3 Å². The van der Waals surface area contributed by atoms with Crippen LogP contribution in [0.3, 0.4) is 0 Å². The van der Waals surface area contributed by atoms with E-state index in [0.29, 0.717) is 5.75 Å². The smallest absolute Gasteiger partial charge is 0.161 e.